The van der Waals surface area contributed by atoms with Gasteiger partial charge in [-0.1, -0.05) is 6.92 Å². The molecule has 0 saturated carbocycles. The maximum absolute atomic E-state index is 8.84. The minimum atomic E-state index is 0.659. The zero-order chi connectivity index (χ0) is 11.6. The molecule has 0 unspecified atom stereocenters. The Kier molecular flexibility index (Phi) is 7.81. The number of hydrogen-bond donors (Lipinski definition) is 0. The number of rotatable bonds is 1. The molecule has 1 heterocycles. The van der Waals surface area contributed by atoms with Gasteiger partial charge < -0.3 is 0 Å². The van der Waals surface area contributed by atoms with E-state index < -0.39 is 0 Å². The lowest BCUT2D eigenvalue weighted by molar-refractivity contribution is 1.30. The fourth-order valence-electron chi connectivity index (χ4n) is 2.51. The van der Waals surface area contributed by atoms with Gasteiger partial charge >= 0.3 is 0 Å². The lowest BCUT2D eigenvalue weighted by Crippen LogP contribution is -2.34. The van der Waals surface area contributed by atoms with E-state index in [1.807, 2.05) is 0 Å². The highest BCUT2D eigenvalue weighted by atomic mass is 14.2. The molecule has 0 aromatic carbocycles. The minimum absolute atomic E-state index is 0.659. The zero-order valence-electron chi connectivity index (χ0n) is 10.7. The molecule has 0 radical (unpaired) electrons. The van der Waals surface area contributed by atoms with Crippen LogP contribution in [-0.4, -0.2) is 70.8 Å². The van der Waals surface area contributed by atoms with Gasteiger partial charge in [-0.05, 0) is 0 Å². The standard InChI is InChI=1S/C5H15B10N/c1-4-5(2-3-16)7-9-11-13-15-14-12-10-8-6-4/h6-15H,2H2,1H3/b5-4-. The van der Waals surface area contributed by atoms with E-state index in [-0.39, 0.29) is 0 Å². The second-order valence-electron chi connectivity index (χ2n) is 5.05. The molecule has 1 aliphatic heterocycles. The van der Waals surface area contributed by atoms with E-state index in [2.05, 4.69) is 13.0 Å². The molecule has 0 spiro atoms. The van der Waals surface area contributed by atoms with Crippen LogP contribution in [0.3, 0.4) is 0 Å². The minimum Gasteiger partial charge on any atom is -0.198 e. The monoisotopic (exact) mass is 199 g/mol. The van der Waals surface area contributed by atoms with Crippen molar-refractivity contribution in [3.05, 3.63) is 10.9 Å². The third kappa shape index (κ3) is 5.83. The topological polar surface area (TPSA) is 23.8 Å². The Labute approximate surface area is 107 Å². The number of hydrogen-bond acceptors (Lipinski definition) is 1. The summed E-state index contributed by atoms with van der Waals surface area (Å²) in [5, 5.41) is 8.84. The SMILES string of the molecule is C/C1=C(\CC#N)BBBBBBBBBB1. The summed E-state index contributed by atoms with van der Waals surface area (Å²) in [4.78, 5) is 0. The number of nitrogens with zero attached hydrogens (tertiary/aromatic N) is 1. The zero-order valence-corrected chi connectivity index (χ0v) is 10.7. The summed E-state index contributed by atoms with van der Waals surface area (Å²) in [6.07, 6.45) is 0.659. The van der Waals surface area contributed by atoms with Gasteiger partial charge in [0.15, 0.2) is 0 Å². The van der Waals surface area contributed by atoms with Crippen LogP contribution in [0.25, 0.3) is 0 Å². The van der Waals surface area contributed by atoms with Crippen molar-refractivity contribution >= 4 is 70.8 Å². The highest BCUT2D eigenvalue weighted by molar-refractivity contribution is 7.69. The van der Waals surface area contributed by atoms with Gasteiger partial charge in [-0.15, -0.1) is 10.9 Å². The smallest absolute Gasteiger partial charge is 0.109 e. The van der Waals surface area contributed by atoms with E-state index in [1.165, 1.54) is 81.8 Å². The van der Waals surface area contributed by atoms with Crippen LogP contribution in [0.4, 0.5) is 0 Å². The molecule has 1 nitrogen and oxygen atoms in total. The van der Waals surface area contributed by atoms with Gasteiger partial charge in [0.2, 0.25) is 0 Å². The van der Waals surface area contributed by atoms with Gasteiger partial charge in [-0.2, -0.15) is 5.26 Å². The summed E-state index contributed by atoms with van der Waals surface area (Å²) in [7, 11) is 13.3. The van der Waals surface area contributed by atoms with Crippen molar-refractivity contribution in [3.8, 4) is 6.07 Å². The van der Waals surface area contributed by atoms with Crippen LogP contribution >= 0.6 is 0 Å². The fraction of sp³-hybridized carbons (Fsp3) is 0.400. The van der Waals surface area contributed by atoms with Gasteiger partial charge in [0.05, 0.1) is 20.2 Å². The largest absolute Gasteiger partial charge is 0.198 e. The van der Waals surface area contributed by atoms with Gasteiger partial charge in [-0.25, -0.2) is 0 Å². The average molecular weight is 197 g/mol. The Morgan fingerprint density at radius 3 is 1.94 bits per heavy atom. The lowest BCUT2D eigenvalue weighted by atomic mass is 8.87. The van der Waals surface area contributed by atoms with Crippen molar-refractivity contribution in [2.24, 2.45) is 0 Å². The Bertz CT molecular complexity index is 271. The van der Waals surface area contributed by atoms with E-state index in [9.17, 15) is 0 Å². The molecule has 70 valence electrons. The van der Waals surface area contributed by atoms with Crippen molar-refractivity contribution < 1.29 is 0 Å². The predicted molar refractivity (Wildman–Crippen MR) is 94.4 cm³/mol. The van der Waals surface area contributed by atoms with Crippen LogP contribution < -0.4 is 0 Å². The lowest BCUT2D eigenvalue weighted by Gasteiger charge is -2.08. The van der Waals surface area contributed by atoms with Crippen LogP contribution in [0.15, 0.2) is 10.9 Å². The molecule has 1 rings (SSSR count). The third-order valence-electron chi connectivity index (χ3n) is 3.68. The normalized spacial score (nSPS) is 20.2. The second-order valence-corrected chi connectivity index (χ2v) is 5.05. The first kappa shape index (κ1) is 13.9. The van der Waals surface area contributed by atoms with Gasteiger partial charge in [0, 0.05) is 48.8 Å². The Balaban J connectivity index is 2.52. The highest BCUT2D eigenvalue weighted by Crippen LogP contribution is 2.04. The summed E-state index contributed by atoms with van der Waals surface area (Å²) in [5.41, 5.74) is 2.94. The molecule has 0 aromatic rings. The molecule has 16 heavy (non-hydrogen) atoms. The van der Waals surface area contributed by atoms with Crippen molar-refractivity contribution in [1.82, 2.24) is 0 Å². The third-order valence-corrected chi connectivity index (χ3v) is 3.68. The molecule has 0 aliphatic carbocycles. The first-order valence-corrected chi connectivity index (χ1v) is 6.89. The van der Waals surface area contributed by atoms with Crippen LogP contribution in [0.1, 0.15) is 13.3 Å². The van der Waals surface area contributed by atoms with Gasteiger partial charge in [0.1, 0.15) is 14.3 Å². The fourth-order valence-corrected chi connectivity index (χ4v) is 2.51. The molecule has 0 N–H and O–H groups in total. The quantitative estimate of drug-likeness (QED) is 0.385. The molecule has 0 aromatic heterocycles. The van der Waals surface area contributed by atoms with E-state index in [4.69, 9.17) is 5.26 Å². The molecule has 1 aliphatic rings. The molecule has 0 fully saturated rings. The van der Waals surface area contributed by atoms with E-state index >= 15 is 0 Å². The average Bonchev–Trinajstić information content (AvgIpc) is 2.28. The predicted octanol–water partition coefficient (Wildman–Crippen LogP) is -5.25. The second kappa shape index (κ2) is 8.97. The van der Waals surface area contributed by atoms with Crippen LogP contribution in [-0.2, 0) is 0 Å². The molecular formula is C5H15B10N. The molecule has 0 bridgehead atoms. The van der Waals surface area contributed by atoms with Crippen molar-refractivity contribution in [2.75, 3.05) is 0 Å². The van der Waals surface area contributed by atoms with Gasteiger partial charge in [-0.3, -0.25) is 0 Å². The maximum atomic E-state index is 8.84. The number of allylic oxidation sites excluding steroid dienone is 2. The van der Waals surface area contributed by atoms with Crippen molar-refractivity contribution in [2.45, 2.75) is 13.3 Å². The van der Waals surface area contributed by atoms with E-state index in [0.717, 1.165) is 0 Å². The number of nitriles is 1. The van der Waals surface area contributed by atoms with Crippen LogP contribution in [0.2, 0.25) is 0 Å². The van der Waals surface area contributed by atoms with Crippen molar-refractivity contribution in [3.63, 3.8) is 0 Å². The van der Waals surface area contributed by atoms with Crippen LogP contribution in [0, 0.1) is 11.3 Å². The Hall–Kier alpha value is -0.121. The summed E-state index contributed by atoms with van der Waals surface area (Å²) < 4.78 is 0. The molecule has 11 heteroatoms. The maximum Gasteiger partial charge on any atom is 0.109 e. The molecule has 0 amide bonds. The summed E-state index contributed by atoms with van der Waals surface area (Å²) in [6, 6.07) is 2.32. The van der Waals surface area contributed by atoms with Gasteiger partial charge in [0.25, 0.3) is 0 Å². The van der Waals surface area contributed by atoms with Crippen LogP contribution in [0.5, 0.6) is 0 Å². The van der Waals surface area contributed by atoms with E-state index in [1.54, 1.807) is 0 Å². The highest BCUT2D eigenvalue weighted by Gasteiger charge is 2.09. The Morgan fingerprint density at radius 1 is 0.875 bits per heavy atom. The first-order chi connectivity index (χ1) is 7.84. The summed E-state index contributed by atoms with van der Waals surface area (Å²) in [6.45, 7) is 2.23. The Morgan fingerprint density at radius 2 is 1.38 bits per heavy atom. The molecular weight excluding hydrogens is 182 g/mol. The summed E-state index contributed by atoms with van der Waals surface area (Å²) in [5.74, 6) is 0. The van der Waals surface area contributed by atoms with E-state index in [0.29, 0.717) is 6.42 Å². The van der Waals surface area contributed by atoms with Crippen molar-refractivity contribution in [1.29, 1.82) is 5.26 Å². The first-order valence-electron chi connectivity index (χ1n) is 6.89. The molecule has 0 atom stereocenters. The summed E-state index contributed by atoms with van der Waals surface area (Å²) >= 11 is 0. The molecule has 0 saturated heterocycles.